The summed E-state index contributed by atoms with van der Waals surface area (Å²) in [6, 6.07) is 8.14. The maximum Gasteiger partial charge on any atom is 0.330 e. The summed E-state index contributed by atoms with van der Waals surface area (Å²) in [5.74, 6) is 0.418. The molecule has 0 aliphatic carbocycles. The maximum absolute atomic E-state index is 13.2. The minimum atomic E-state index is -0.556. The highest BCUT2D eigenvalue weighted by molar-refractivity contribution is 5.83. The van der Waals surface area contributed by atoms with E-state index in [0.717, 1.165) is 12.0 Å². The number of fused-ring (bicyclic) bond motifs is 1. The first kappa shape index (κ1) is 22.7. The van der Waals surface area contributed by atoms with Crippen LogP contribution in [0.25, 0.3) is 0 Å². The number of H-pyrrole nitrogens is 1. The van der Waals surface area contributed by atoms with Crippen LogP contribution in [0.15, 0.2) is 33.9 Å². The molecule has 8 heteroatoms. The van der Waals surface area contributed by atoms with Gasteiger partial charge in [-0.15, -0.1) is 0 Å². The summed E-state index contributed by atoms with van der Waals surface area (Å²) in [5, 5.41) is 0. The van der Waals surface area contributed by atoms with Crippen molar-refractivity contribution in [2.45, 2.75) is 47.2 Å². The maximum atomic E-state index is 13.2. The molecule has 0 atom stereocenters. The van der Waals surface area contributed by atoms with Gasteiger partial charge < -0.3 is 15.5 Å². The number of carbonyl (C=O) groups excluding carboxylic acids is 1. The summed E-state index contributed by atoms with van der Waals surface area (Å²) in [4.78, 5) is 44.2. The Morgan fingerprint density at radius 3 is 2.45 bits per heavy atom. The van der Waals surface area contributed by atoms with Crippen molar-refractivity contribution in [1.82, 2.24) is 14.5 Å². The lowest BCUT2D eigenvalue weighted by atomic mass is 10.00. The van der Waals surface area contributed by atoms with Crippen LogP contribution >= 0.6 is 0 Å². The van der Waals surface area contributed by atoms with Crippen molar-refractivity contribution in [3.05, 3.63) is 56.2 Å². The molecule has 1 aliphatic heterocycles. The SMILES string of the molecule is CC(C)CN(CC(=O)N1CCc2ccccc2C1)c1c(N)n(CC(C)C)c(=O)[nH]c1=O. The molecule has 0 saturated carbocycles. The molecule has 0 spiro atoms. The summed E-state index contributed by atoms with van der Waals surface area (Å²) in [5.41, 5.74) is 7.84. The molecule has 0 bridgehead atoms. The van der Waals surface area contributed by atoms with E-state index >= 15 is 0 Å². The number of hydrogen-bond donors (Lipinski definition) is 2. The number of nitrogen functional groups attached to an aromatic ring is 1. The molecule has 31 heavy (non-hydrogen) atoms. The zero-order chi connectivity index (χ0) is 22.7. The Morgan fingerprint density at radius 1 is 1.13 bits per heavy atom. The van der Waals surface area contributed by atoms with Crippen LogP contribution in [0.5, 0.6) is 0 Å². The van der Waals surface area contributed by atoms with Crippen molar-refractivity contribution < 1.29 is 4.79 Å². The van der Waals surface area contributed by atoms with Crippen molar-refractivity contribution in [1.29, 1.82) is 0 Å². The van der Waals surface area contributed by atoms with Crippen LogP contribution in [0, 0.1) is 11.8 Å². The van der Waals surface area contributed by atoms with E-state index in [9.17, 15) is 14.4 Å². The highest BCUT2D eigenvalue weighted by Gasteiger charge is 2.26. The van der Waals surface area contributed by atoms with Gasteiger partial charge in [0.05, 0.1) is 6.54 Å². The molecule has 2 heterocycles. The van der Waals surface area contributed by atoms with Gasteiger partial charge in [0.1, 0.15) is 11.5 Å². The Morgan fingerprint density at radius 2 is 1.81 bits per heavy atom. The summed E-state index contributed by atoms with van der Waals surface area (Å²) in [6.07, 6.45) is 0.814. The van der Waals surface area contributed by atoms with Crippen molar-refractivity contribution in [2.24, 2.45) is 11.8 Å². The van der Waals surface area contributed by atoms with E-state index < -0.39 is 11.2 Å². The first-order chi connectivity index (χ1) is 14.7. The molecule has 1 aromatic heterocycles. The molecular formula is C23H33N5O3. The van der Waals surface area contributed by atoms with Crippen LogP contribution in [-0.4, -0.2) is 40.0 Å². The summed E-state index contributed by atoms with van der Waals surface area (Å²) in [7, 11) is 0. The molecular weight excluding hydrogens is 394 g/mol. The topological polar surface area (TPSA) is 104 Å². The molecule has 2 aromatic rings. The number of aromatic nitrogens is 2. The summed E-state index contributed by atoms with van der Waals surface area (Å²) >= 11 is 0. The Hall–Kier alpha value is -3.03. The quantitative estimate of drug-likeness (QED) is 0.701. The van der Waals surface area contributed by atoms with Gasteiger partial charge in [-0.25, -0.2) is 4.79 Å². The number of nitrogens with two attached hydrogens (primary N) is 1. The lowest BCUT2D eigenvalue weighted by molar-refractivity contribution is -0.130. The van der Waals surface area contributed by atoms with Crippen LogP contribution in [0.4, 0.5) is 11.5 Å². The van der Waals surface area contributed by atoms with E-state index in [1.54, 1.807) is 4.90 Å². The van der Waals surface area contributed by atoms with Crippen LogP contribution in [0.1, 0.15) is 38.8 Å². The molecule has 168 valence electrons. The van der Waals surface area contributed by atoms with Gasteiger partial charge in [-0.05, 0) is 29.4 Å². The van der Waals surface area contributed by atoms with E-state index in [0.29, 0.717) is 26.2 Å². The van der Waals surface area contributed by atoms with Crippen molar-refractivity contribution in [3.8, 4) is 0 Å². The van der Waals surface area contributed by atoms with Crippen LogP contribution in [0.3, 0.4) is 0 Å². The Balaban J connectivity index is 1.90. The number of rotatable bonds is 7. The molecule has 3 rings (SSSR count). The molecule has 1 aliphatic rings. The van der Waals surface area contributed by atoms with Gasteiger partial charge in [0.15, 0.2) is 0 Å². The zero-order valence-corrected chi connectivity index (χ0v) is 18.9. The predicted molar refractivity (Wildman–Crippen MR) is 123 cm³/mol. The zero-order valence-electron chi connectivity index (χ0n) is 18.9. The monoisotopic (exact) mass is 427 g/mol. The Bertz CT molecular complexity index is 1050. The Labute approximate surface area is 182 Å². The van der Waals surface area contributed by atoms with Gasteiger partial charge in [0, 0.05) is 26.2 Å². The normalized spacial score (nSPS) is 13.5. The second-order valence-corrected chi connectivity index (χ2v) is 9.11. The number of amides is 1. The second-order valence-electron chi connectivity index (χ2n) is 9.11. The third kappa shape index (κ3) is 5.18. The lowest BCUT2D eigenvalue weighted by Gasteiger charge is -2.33. The Kier molecular flexibility index (Phi) is 6.87. The van der Waals surface area contributed by atoms with Crippen molar-refractivity contribution in [2.75, 3.05) is 30.3 Å². The average molecular weight is 428 g/mol. The van der Waals surface area contributed by atoms with E-state index in [4.69, 9.17) is 5.73 Å². The molecule has 0 saturated heterocycles. The molecule has 0 unspecified atom stereocenters. The molecule has 0 fully saturated rings. The van der Waals surface area contributed by atoms with E-state index in [2.05, 4.69) is 11.1 Å². The van der Waals surface area contributed by atoms with Crippen molar-refractivity contribution in [3.63, 3.8) is 0 Å². The number of benzene rings is 1. The highest BCUT2D eigenvalue weighted by atomic mass is 16.2. The molecule has 8 nitrogen and oxygen atoms in total. The number of carbonyl (C=O) groups is 1. The number of hydrogen-bond acceptors (Lipinski definition) is 5. The third-order valence-electron chi connectivity index (χ3n) is 5.47. The molecule has 3 N–H and O–H groups in total. The summed E-state index contributed by atoms with van der Waals surface area (Å²) in [6.45, 7) is 10.1. The first-order valence-electron chi connectivity index (χ1n) is 10.9. The van der Waals surface area contributed by atoms with Gasteiger partial charge in [-0.3, -0.25) is 19.1 Å². The first-order valence-corrected chi connectivity index (χ1v) is 10.9. The van der Waals surface area contributed by atoms with Gasteiger partial charge in [-0.1, -0.05) is 52.0 Å². The van der Waals surface area contributed by atoms with E-state index in [-0.39, 0.29) is 35.8 Å². The third-order valence-corrected chi connectivity index (χ3v) is 5.47. The molecule has 1 aromatic carbocycles. The second kappa shape index (κ2) is 9.41. The standard InChI is InChI=1S/C23H33N5O3/c1-15(2)11-27(20-21(24)28(12-16(3)4)23(31)25-22(20)30)14-19(29)26-10-9-17-7-5-6-8-18(17)13-26/h5-8,15-16H,9-14,24H2,1-4H3,(H,25,30,31). The minimum Gasteiger partial charge on any atom is -0.383 e. The molecule has 1 amide bonds. The van der Waals surface area contributed by atoms with Gasteiger partial charge in [0.25, 0.3) is 5.56 Å². The van der Waals surface area contributed by atoms with Crippen LogP contribution < -0.4 is 21.9 Å². The highest BCUT2D eigenvalue weighted by Crippen LogP contribution is 2.22. The minimum absolute atomic E-state index is 0.0352. The summed E-state index contributed by atoms with van der Waals surface area (Å²) < 4.78 is 1.39. The smallest absolute Gasteiger partial charge is 0.330 e. The fourth-order valence-corrected chi connectivity index (χ4v) is 4.08. The largest absolute Gasteiger partial charge is 0.383 e. The fourth-order valence-electron chi connectivity index (χ4n) is 4.08. The van der Waals surface area contributed by atoms with E-state index in [1.165, 1.54) is 10.1 Å². The number of anilines is 2. The van der Waals surface area contributed by atoms with Crippen LogP contribution in [0.2, 0.25) is 0 Å². The van der Waals surface area contributed by atoms with Crippen LogP contribution in [-0.2, 0) is 24.3 Å². The van der Waals surface area contributed by atoms with Gasteiger partial charge in [-0.2, -0.15) is 0 Å². The molecule has 0 radical (unpaired) electrons. The number of nitrogens with one attached hydrogen (secondary N) is 1. The number of nitrogens with zero attached hydrogens (tertiary/aromatic N) is 3. The average Bonchev–Trinajstić information content (AvgIpc) is 2.70. The van der Waals surface area contributed by atoms with Gasteiger partial charge >= 0.3 is 5.69 Å². The predicted octanol–water partition coefficient (Wildman–Crippen LogP) is 1.82. The van der Waals surface area contributed by atoms with Gasteiger partial charge in [0.2, 0.25) is 5.91 Å². The fraction of sp³-hybridized carbons (Fsp3) is 0.522. The lowest BCUT2D eigenvalue weighted by Crippen LogP contribution is -2.46. The van der Waals surface area contributed by atoms with E-state index in [1.807, 2.05) is 50.8 Å². The number of aromatic amines is 1. The van der Waals surface area contributed by atoms with Crippen molar-refractivity contribution >= 4 is 17.4 Å².